The minimum atomic E-state index is -4.67. The predicted molar refractivity (Wildman–Crippen MR) is 76.6 cm³/mol. The van der Waals surface area contributed by atoms with Crippen molar-refractivity contribution in [2.24, 2.45) is 5.92 Å². The van der Waals surface area contributed by atoms with Crippen LogP contribution in [0.4, 0.5) is 13.2 Å². The predicted octanol–water partition coefficient (Wildman–Crippen LogP) is 4.87. The maximum atomic E-state index is 12.1. The molecule has 0 saturated carbocycles. The van der Waals surface area contributed by atoms with Crippen LogP contribution in [0.25, 0.3) is 0 Å². The van der Waals surface area contributed by atoms with E-state index in [2.05, 4.69) is 46.8 Å². The van der Waals surface area contributed by atoms with Gasteiger partial charge < -0.3 is 10.1 Å². The summed E-state index contributed by atoms with van der Waals surface area (Å²) in [5, 5.41) is 3.34. The molecule has 0 heterocycles. The standard InChI is InChI=1S/C14H19BrF3NO/c1-9(2)6-10(3)19-8-11-4-5-13(12(15)7-11)20-14(16,17)18/h4-5,7,9-10,19H,6,8H2,1-3H3. The molecule has 0 aliphatic rings. The Kier molecular flexibility index (Phi) is 6.33. The summed E-state index contributed by atoms with van der Waals surface area (Å²) in [5.41, 5.74) is 0.905. The largest absolute Gasteiger partial charge is 0.573 e. The molecular formula is C14H19BrF3NO. The summed E-state index contributed by atoms with van der Waals surface area (Å²) in [7, 11) is 0. The van der Waals surface area contributed by atoms with Crippen molar-refractivity contribution in [3.63, 3.8) is 0 Å². The zero-order valence-corrected chi connectivity index (χ0v) is 13.3. The molecule has 0 aromatic heterocycles. The highest BCUT2D eigenvalue weighted by Gasteiger charge is 2.31. The average Bonchev–Trinajstić information content (AvgIpc) is 2.27. The average molecular weight is 354 g/mol. The van der Waals surface area contributed by atoms with E-state index in [-0.39, 0.29) is 5.75 Å². The number of hydrogen-bond donors (Lipinski definition) is 1. The summed E-state index contributed by atoms with van der Waals surface area (Å²) in [6.45, 7) is 7.00. The molecule has 6 heteroatoms. The molecule has 114 valence electrons. The Balaban J connectivity index is 2.59. The zero-order chi connectivity index (χ0) is 15.3. The number of benzene rings is 1. The zero-order valence-electron chi connectivity index (χ0n) is 11.7. The van der Waals surface area contributed by atoms with Crippen LogP contribution in [-0.2, 0) is 6.54 Å². The Labute approximate surface area is 125 Å². The van der Waals surface area contributed by atoms with Crippen molar-refractivity contribution in [2.75, 3.05) is 0 Å². The molecule has 0 aliphatic carbocycles. The number of nitrogens with one attached hydrogen (secondary N) is 1. The van der Waals surface area contributed by atoms with E-state index in [0.717, 1.165) is 12.0 Å². The second kappa shape index (κ2) is 7.31. The van der Waals surface area contributed by atoms with Crippen LogP contribution >= 0.6 is 15.9 Å². The lowest BCUT2D eigenvalue weighted by atomic mass is 10.1. The molecule has 0 aliphatic heterocycles. The Bertz CT molecular complexity index is 435. The van der Waals surface area contributed by atoms with Gasteiger partial charge in [-0.15, -0.1) is 13.2 Å². The molecule has 1 N–H and O–H groups in total. The van der Waals surface area contributed by atoms with Gasteiger partial charge in [0.15, 0.2) is 0 Å². The number of hydrogen-bond acceptors (Lipinski definition) is 2. The van der Waals surface area contributed by atoms with Crippen molar-refractivity contribution in [3.8, 4) is 5.75 Å². The van der Waals surface area contributed by atoms with E-state index in [9.17, 15) is 13.2 Å². The monoisotopic (exact) mass is 353 g/mol. The van der Waals surface area contributed by atoms with Crippen LogP contribution in [0.3, 0.4) is 0 Å². The van der Waals surface area contributed by atoms with Gasteiger partial charge in [0, 0.05) is 12.6 Å². The minimum absolute atomic E-state index is 0.225. The molecule has 0 amide bonds. The summed E-state index contributed by atoms with van der Waals surface area (Å²) in [6, 6.07) is 4.94. The molecule has 0 bridgehead atoms. The Morgan fingerprint density at radius 1 is 1.25 bits per heavy atom. The van der Waals surface area contributed by atoms with Crippen LogP contribution in [0.2, 0.25) is 0 Å². The summed E-state index contributed by atoms with van der Waals surface area (Å²) in [6.07, 6.45) is -3.62. The third kappa shape index (κ3) is 6.61. The SMILES string of the molecule is CC(C)CC(C)NCc1ccc(OC(F)(F)F)c(Br)c1. The lowest BCUT2D eigenvalue weighted by Gasteiger charge is -2.16. The van der Waals surface area contributed by atoms with Crippen molar-refractivity contribution in [1.29, 1.82) is 0 Å². The Hall–Kier alpha value is -0.750. The lowest BCUT2D eigenvalue weighted by molar-refractivity contribution is -0.274. The third-order valence-electron chi connectivity index (χ3n) is 2.70. The molecule has 1 aromatic rings. The highest BCUT2D eigenvalue weighted by molar-refractivity contribution is 9.10. The van der Waals surface area contributed by atoms with Crippen molar-refractivity contribution in [2.45, 2.75) is 46.1 Å². The van der Waals surface area contributed by atoms with Crippen LogP contribution in [0.15, 0.2) is 22.7 Å². The van der Waals surface area contributed by atoms with E-state index in [4.69, 9.17) is 0 Å². The van der Waals surface area contributed by atoms with E-state index in [0.29, 0.717) is 23.0 Å². The van der Waals surface area contributed by atoms with E-state index >= 15 is 0 Å². The topological polar surface area (TPSA) is 21.3 Å². The Morgan fingerprint density at radius 2 is 1.90 bits per heavy atom. The molecule has 1 atom stereocenters. The van der Waals surface area contributed by atoms with Crippen LogP contribution in [0.1, 0.15) is 32.8 Å². The fourth-order valence-electron chi connectivity index (χ4n) is 1.94. The maximum absolute atomic E-state index is 12.1. The van der Waals surface area contributed by atoms with Gasteiger partial charge in [0.05, 0.1) is 4.47 Å². The van der Waals surface area contributed by atoms with Gasteiger partial charge in [0.25, 0.3) is 0 Å². The lowest BCUT2D eigenvalue weighted by Crippen LogP contribution is -2.26. The quantitative estimate of drug-likeness (QED) is 0.787. The fourth-order valence-corrected chi connectivity index (χ4v) is 2.45. The number of ether oxygens (including phenoxy) is 1. The van der Waals surface area contributed by atoms with Gasteiger partial charge in [-0.2, -0.15) is 0 Å². The third-order valence-corrected chi connectivity index (χ3v) is 3.32. The van der Waals surface area contributed by atoms with Gasteiger partial charge in [0.2, 0.25) is 0 Å². The summed E-state index contributed by atoms with van der Waals surface area (Å²) in [4.78, 5) is 0. The number of rotatable bonds is 6. The molecule has 0 radical (unpaired) electrons. The van der Waals surface area contributed by atoms with Crippen molar-refractivity contribution >= 4 is 15.9 Å². The van der Waals surface area contributed by atoms with Crippen LogP contribution < -0.4 is 10.1 Å². The number of halogens is 4. The molecule has 0 saturated heterocycles. The first-order valence-corrected chi connectivity index (χ1v) is 7.24. The van der Waals surface area contributed by atoms with Crippen LogP contribution in [0, 0.1) is 5.92 Å². The minimum Gasteiger partial charge on any atom is -0.405 e. The van der Waals surface area contributed by atoms with Crippen LogP contribution in [0.5, 0.6) is 5.75 Å². The Morgan fingerprint density at radius 3 is 2.40 bits per heavy atom. The van der Waals surface area contributed by atoms with E-state index in [1.165, 1.54) is 6.07 Å². The second-order valence-electron chi connectivity index (χ2n) is 5.22. The normalized spacial score (nSPS) is 13.6. The van der Waals surface area contributed by atoms with Crippen molar-refractivity contribution in [1.82, 2.24) is 5.32 Å². The van der Waals surface area contributed by atoms with Gasteiger partial charge in [0.1, 0.15) is 5.75 Å². The number of alkyl halides is 3. The first kappa shape index (κ1) is 17.3. The van der Waals surface area contributed by atoms with Gasteiger partial charge >= 0.3 is 6.36 Å². The maximum Gasteiger partial charge on any atom is 0.573 e. The van der Waals surface area contributed by atoms with Crippen LogP contribution in [-0.4, -0.2) is 12.4 Å². The summed E-state index contributed by atoms with van der Waals surface area (Å²) in [5.74, 6) is 0.378. The van der Waals surface area contributed by atoms with Crippen molar-refractivity contribution in [3.05, 3.63) is 28.2 Å². The first-order valence-electron chi connectivity index (χ1n) is 6.45. The molecule has 2 nitrogen and oxygen atoms in total. The molecule has 20 heavy (non-hydrogen) atoms. The first-order chi connectivity index (χ1) is 9.17. The molecule has 1 aromatic carbocycles. The highest BCUT2D eigenvalue weighted by Crippen LogP contribution is 2.31. The van der Waals surface area contributed by atoms with Gasteiger partial charge in [-0.05, 0) is 52.9 Å². The second-order valence-corrected chi connectivity index (χ2v) is 6.08. The highest BCUT2D eigenvalue weighted by atomic mass is 79.9. The van der Waals surface area contributed by atoms with E-state index in [1.54, 1.807) is 12.1 Å². The van der Waals surface area contributed by atoms with Gasteiger partial charge in [-0.25, -0.2) is 0 Å². The van der Waals surface area contributed by atoms with Gasteiger partial charge in [-0.3, -0.25) is 0 Å². The molecule has 0 fully saturated rings. The fraction of sp³-hybridized carbons (Fsp3) is 0.571. The molecular weight excluding hydrogens is 335 g/mol. The molecule has 0 spiro atoms. The summed E-state index contributed by atoms with van der Waals surface area (Å²) >= 11 is 3.09. The van der Waals surface area contributed by atoms with Crippen molar-refractivity contribution < 1.29 is 17.9 Å². The van der Waals surface area contributed by atoms with E-state index in [1.807, 2.05) is 0 Å². The smallest absolute Gasteiger partial charge is 0.405 e. The molecule has 1 unspecified atom stereocenters. The van der Waals surface area contributed by atoms with Gasteiger partial charge in [-0.1, -0.05) is 19.9 Å². The molecule has 1 rings (SSSR count). The van der Waals surface area contributed by atoms with E-state index < -0.39 is 6.36 Å². The summed E-state index contributed by atoms with van der Waals surface area (Å²) < 4.78 is 40.6.